The molecule has 9 nitrogen and oxygen atoms in total. The summed E-state index contributed by atoms with van der Waals surface area (Å²) >= 11 is 0. The Balaban J connectivity index is 1.49. The van der Waals surface area contributed by atoms with E-state index < -0.39 is 65.4 Å². The molecule has 3 heterocycles. The molecule has 2 aromatic rings. The number of nitrogens with zero attached hydrogens (tertiary/aromatic N) is 4. The maximum absolute atomic E-state index is 15.0. The van der Waals surface area contributed by atoms with Crippen LogP contribution in [-0.4, -0.2) is 63.6 Å². The Hall–Kier alpha value is -3.82. The highest BCUT2D eigenvalue weighted by atomic mass is 19.4. The molecular weight excluding hydrogens is 544 g/mol. The van der Waals surface area contributed by atoms with Crippen LogP contribution in [0.25, 0.3) is 10.9 Å². The standard InChI is InChI=1S/C28H30F4N6O3/c1-27(2,3)23(37-26(41)28(30,31)32)25(40)38-12-17-14-7-15(18(29)8-14)20(17)22(38)24(39)36-19(9-33)16-11-34-10-13-5-4-6-35-21(13)16/h4-6,10-11,14-15,17-20,22-23H,7-8,12H2,1-3H3,(H,36,39)(H,37,41). The van der Waals surface area contributed by atoms with Gasteiger partial charge in [0, 0.05) is 36.1 Å². The fourth-order valence-electron chi connectivity index (χ4n) is 6.94. The van der Waals surface area contributed by atoms with Crippen molar-refractivity contribution in [2.75, 3.05) is 6.54 Å². The predicted octanol–water partition coefficient (Wildman–Crippen LogP) is 3.22. The van der Waals surface area contributed by atoms with E-state index >= 15 is 0 Å². The Morgan fingerprint density at radius 1 is 1.12 bits per heavy atom. The maximum Gasteiger partial charge on any atom is 0.471 e. The van der Waals surface area contributed by atoms with Crippen molar-refractivity contribution in [1.29, 1.82) is 5.26 Å². The van der Waals surface area contributed by atoms with Gasteiger partial charge in [-0.3, -0.25) is 24.4 Å². The van der Waals surface area contributed by atoms with E-state index in [-0.39, 0.29) is 18.4 Å². The number of amides is 3. The first-order chi connectivity index (χ1) is 19.2. The third-order valence-corrected chi connectivity index (χ3v) is 8.73. The van der Waals surface area contributed by atoms with Gasteiger partial charge in [0.1, 0.15) is 24.3 Å². The molecule has 2 N–H and O–H groups in total. The zero-order valence-corrected chi connectivity index (χ0v) is 22.7. The summed E-state index contributed by atoms with van der Waals surface area (Å²) < 4.78 is 54.4. The smallest absolute Gasteiger partial charge is 0.336 e. The largest absolute Gasteiger partial charge is 0.471 e. The van der Waals surface area contributed by atoms with Gasteiger partial charge in [-0.2, -0.15) is 18.4 Å². The molecule has 218 valence electrons. The van der Waals surface area contributed by atoms with Crippen LogP contribution in [0.2, 0.25) is 0 Å². The third kappa shape index (κ3) is 5.08. The van der Waals surface area contributed by atoms with Crippen LogP contribution in [0, 0.1) is 40.4 Å². The van der Waals surface area contributed by atoms with Crippen molar-refractivity contribution in [3.05, 3.63) is 36.3 Å². The van der Waals surface area contributed by atoms with E-state index in [0.717, 1.165) is 0 Å². The Labute approximate surface area is 233 Å². The van der Waals surface area contributed by atoms with E-state index in [2.05, 4.69) is 15.3 Å². The summed E-state index contributed by atoms with van der Waals surface area (Å²) in [6, 6.07) is 1.41. The lowest BCUT2D eigenvalue weighted by Crippen LogP contribution is -2.60. The molecule has 2 saturated carbocycles. The second-order valence-corrected chi connectivity index (χ2v) is 12.2. The van der Waals surface area contributed by atoms with Gasteiger partial charge in [0.2, 0.25) is 11.8 Å². The third-order valence-electron chi connectivity index (χ3n) is 8.73. The molecule has 3 aliphatic rings. The first kappa shape index (κ1) is 28.7. The Morgan fingerprint density at radius 2 is 1.85 bits per heavy atom. The number of nitriles is 1. The molecule has 1 aliphatic heterocycles. The van der Waals surface area contributed by atoms with Crippen LogP contribution >= 0.6 is 0 Å². The van der Waals surface area contributed by atoms with E-state index in [1.54, 1.807) is 18.3 Å². The molecule has 13 heteroatoms. The zero-order chi connectivity index (χ0) is 29.9. The predicted molar refractivity (Wildman–Crippen MR) is 137 cm³/mol. The number of likely N-dealkylation sites (tertiary alicyclic amines) is 1. The lowest BCUT2D eigenvalue weighted by atomic mass is 9.77. The maximum atomic E-state index is 15.0. The summed E-state index contributed by atoms with van der Waals surface area (Å²) in [5.41, 5.74) is -0.376. The van der Waals surface area contributed by atoms with E-state index in [1.165, 1.54) is 38.1 Å². The highest BCUT2D eigenvalue weighted by Gasteiger charge is 2.63. The summed E-state index contributed by atoms with van der Waals surface area (Å²) in [6.07, 6.45) is -1.05. The summed E-state index contributed by atoms with van der Waals surface area (Å²) in [5, 5.41) is 15.1. The minimum Gasteiger partial charge on any atom is -0.336 e. The summed E-state index contributed by atoms with van der Waals surface area (Å²) in [7, 11) is 0. The minimum atomic E-state index is -5.22. The van der Waals surface area contributed by atoms with Crippen molar-refractivity contribution in [2.24, 2.45) is 29.1 Å². The molecule has 0 radical (unpaired) electrons. The van der Waals surface area contributed by atoms with Gasteiger partial charge in [-0.05, 0) is 54.1 Å². The van der Waals surface area contributed by atoms with Gasteiger partial charge in [0.15, 0.2) is 0 Å². The highest BCUT2D eigenvalue weighted by Crippen LogP contribution is 2.58. The topological polar surface area (TPSA) is 128 Å². The molecule has 8 atom stereocenters. The second kappa shape index (κ2) is 10.2. The van der Waals surface area contributed by atoms with Crippen LogP contribution in [0.1, 0.15) is 45.2 Å². The average molecular weight is 575 g/mol. The number of hydrogen-bond acceptors (Lipinski definition) is 6. The first-order valence-corrected chi connectivity index (χ1v) is 13.4. The first-order valence-electron chi connectivity index (χ1n) is 13.4. The van der Waals surface area contributed by atoms with Crippen molar-refractivity contribution in [3.8, 4) is 6.07 Å². The van der Waals surface area contributed by atoms with Crippen LogP contribution in [0.3, 0.4) is 0 Å². The van der Waals surface area contributed by atoms with Crippen LogP contribution < -0.4 is 10.6 Å². The van der Waals surface area contributed by atoms with Crippen molar-refractivity contribution in [2.45, 2.75) is 64.1 Å². The molecule has 3 amide bonds. The monoisotopic (exact) mass is 574 g/mol. The van der Waals surface area contributed by atoms with Gasteiger partial charge in [-0.25, -0.2) is 4.39 Å². The average Bonchev–Trinajstić information content (AvgIpc) is 3.58. The number of aromatic nitrogens is 2. The summed E-state index contributed by atoms with van der Waals surface area (Å²) in [5.74, 6) is -5.24. The molecule has 5 rings (SSSR count). The molecule has 8 unspecified atom stereocenters. The second-order valence-electron chi connectivity index (χ2n) is 12.2. The summed E-state index contributed by atoms with van der Waals surface area (Å²) in [6.45, 7) is 4.56. The van der Waals surface area contributed by atoms with Gasteiger partial charge in [0.05, 0.1) is 11.6 Å². The van der Waals surface area contributed by atoms with Gasteiger partial charge in [-0.1, -0.05) is 20.8 Å². The van der Waals surface area contributed by atoms with Crippen molar-refractivity contribution < 1.29 is 31.9 Å². The Morgan fingerprint density at radius 3 is 2.51 bits per heavy atom. The zero-order valence-electron chi connectivity index (χ0n) is 22.7. The summed E-state index contributed by atoms with van der Waals surface area (Å²) in [4.78, 5) is 49.3. The quantitative estimate of drug-likeness (QED) is 0.528. The molecule has 2 aliphatic carbocycles. The Kier molecular flexibility index (Phi) is 7.16. The molecule has 2 aromatic heterocycles. The van der Waals surface area contributed by atoms with Gasteiger partial charge in [0.25, 0.3) is 0 Å². The van der Waals surface area contributed by atoms with Crippen molar-refractivity contribution in [1.82, 2.24) is 25.5 Å². The number of hydrogen-bond donors (Lipinski definition) is 2. The lowest BCUT2D eigenvalue weighted by molar-refractivity contribution is -0.176. The fraction of sp³-hybridized carbons (Fsp3) is 0.571. The van der Waals surface area contributed by atoms with Crippen molar-refractivity contribution in [3.63, 3.8) is 0 Å². The number of carbonyl (C=O) groups is 3. The lowest BCUT2D eigenvalue weighted by Gasteiger charge is -2.37. The molecule has 0 spiro atoms. The Bertz CT molecular complexity index is 1410. The number of fused-ring (bicyclic) bond motifs is 6. The van der Waals surface area contributed by atoms with E-state index in [9.17, 15) is 37.2 Å². The molecule has 1 saturated heterocycles. The number of pyridine rings is 2. The van der Waals surface area contributed by atoms with Crippen LogP contribution in [0.5, 0.6) is 0 Å². The minimum absolute atomic E-state index is 0.0402. The molecule has 41 heavy (non-hydrogen) atoms. The number of rotatable bonds is 5. The van der Waals surface area contributed by atoms with Gasteiger partial charge >= 0.3 is 12.1 Å². The van der Waals surface area contributed by atoms with Gasteiger partial charge in [-0.15, -0.1) is 0 Å². The van der Waals surface area contributed by atoms with Gasteiger partial charge < -0.3 is 15.5 Å². The number of alkyl halides is 4. The number of carbonyl (C=O) groups excluding carboxylic acids is 3. The van der Waals surface area contributed by atoms with Crippen LogP contribution in [0.15, 0.2) is 30.7 Å². The fourth-order valence-corrected chi connectivity index (χ4v) is 6.94. The molecular formula is C28H30F4N6O3. The molecule has 2 bridgehead atoms. The number of nitrogens with one attached hydrogen (secondary N) is 2. The highest BCUT2D eigenvalue weighted by molar-refractivity contribution is 5.95. The van der Waals surface area contributed by atoms with E-state index in [4.69, 9.17) is 0 Å². The molecule has 3 fully saturated rings. The van der Waals surface area contributed by atoms with Crippen molar-refractivity contribution >= 4 is 28.6 Å². The number of halogens is 4. The van der Waals surface area contributed by atoms with E-state index in [1.807, 2.05) is 11.4 Å². The SMILES string of the molecule is CC(C)(C)C(NC(=O)C(F)(F)F)C(=O)N1CC2C3CC(F)C(C3)C2C1C(=O)NC(C#N)c1cncc2cccnc12. The molecule has 0 aromatic carbocycles. The normalized spacial score (nSPS) is 28.6. The van der Waals surface area contributed by atoms with E-state index in [0.29, 0.717) is 29.3 Å². The van der Waals surface area contributed by atoms with Crippen LogP contribution in [0.4, 0.5) is 17.6 Å². The van der Waals surface area contributed by atoms with Crippen LogP contribution in [-0.2, 0) is 14.4 Å².